The highest BCUT2D eigenvalue weighted by molar-refractivity contribution is 7.89. The van der Waals surface area contributed by atoms with Crippen molar-refractivity contribution in [2.45, 2.75) is 38.0 Å². The van der Waals surface area contributed by atoms with Gasteiger partial charge in [-0.15, -0.1) is 0 Å². The molecule has 0 aliphatic carbocycles. The molecule has 29 heavy (non-hydrogen) atoms. The molecule has 1 saturated heterocycles. The molecule has 0 radical (unpaired) electrons. The van der Waals surface area contributed by atoms with Gasteiger partial charge >= 0.3 is 0 Å². The normalized spacial score (nSPS) is 15.9. The Morgan fingerprint density at radius 1 is 1.10 bits per heavy atom. The van der Waals surface area contributed by atoms with Crippen LogP contribution in [-0.2, 0) is 10.0 Å². The number of benzene rings is 2. The van der Waals surface area contributed by atoms with Gasteiger partial charge in [-0.2, -0.15) is 9.41 Å². The van der Waals surface area contributed by atoms with Crippen LogP contribution in [0.5, 0.6) is 5.75 Å². The molecule has 1 heterocycles. The van der Waals surface area contributed by atoms with E-state index in [1.165, 1.54) is 16.4 Å². The van der Waals surface area contributed by atoms with E-state index in [0.717, 1.165) is 24.8 Å². The monoisotopic (exact) mass is 415 g/mol. The summed E-state index contributed by atoms with van der Waals surface area (Å²) in [7, 11) is -3.62. The number of aryl methyl sites for hydroxylation is 1. The van der Waals surface area contributed by atoms with Crippen LogP contribution in [0.4, 0.5) is 0 Å². The molecule has 0 unspecified atom stereocenters. The minimum absolute atomic E-state index is 0.0701. The van der Waals surface area contributed by atoms with Crippen molar-refractivity contribution in [1.29, 1.82) is 0 Å². The maximum absolute atomic E-state index is 12.8. The molecule has 0 spiro atoms. The van der Waals surface area contributed by atoms with E-state index in [1.807, 2.05) is 6.92 Å². The number of nitrogens with one attached hydrogen (secondary N) is 1. The number of carbonyl (C=O) groups excluding carboxylic acids is 1. The summed E-state index contributed by atoms with van der Waals surface area (Å²) in [5.74, 6) is -0.451. The molecule has 3 rings (SSSR count). The Morgan fingerprint density at radius 3 is 2.55 bits per heavy atom. The standard InChI is InChI=1S/C21H25N3O4S/c1-15-9-10-20(25)19(13-15)16(2)22-23-21(26)17-7-6-8-18(14-17)29(27,28)24-11-4-3-5-12-24/h6-10,13-14,25H,3-5,11-12H2,1-2H3,(H,23,26)/b22-16+. The van der Waals surface area contributed by atoms with Crippen molar-refractivity contribution >= 4 is 21.6 Å². The Kier molecular flexibility index (Phi) is 6.34. The third-order valence-corrected chi connectivity index (χ3v) is 6.81. The predicted octanol–water partition coefficient (Wildman–Crippen LogP) is 3.03. The number of amides is 1. The first kappa shape index (κ1) is 21.0. The van der Waals surface area contributed by atoms with E-state index in [1.54, 1.807) is 37.3 Å². The summed E-state index contributed by atoms with van der Waals surface area (Å²) in [6.07, 6.45) is 2.72. The third-order valence-electron chi connectivity index (χ3n) is 4.92. The summed E-state index contributed by atoms with van der Waals surface area (Å²) in [5, 5.41) is 14.0. The fourth-order valence-corrected chi connectivity index (χ4v) is 4.81. The van der Waals surface area contributed by atoms with Crippen molar-refractivity contribution in [3.05, 3.63) is 59.2 Å². The van der Waals surface area contributed by atoms with E-state index in [0.29, 0.717) is 24.4 Å². The topological polar surface area (TPSA) is 99.1 Å². The second kappa shape index (κ2) is 8.75. The summed E-state index contributed by atoms with van der Waals surface area (Å²) >= 11 is 0. The Morgan fingerprint density at radius 2 is 1.83 bits per heavy atom. The van der Waals surface area contributed by atoms with Crippen molar-refractivity contribution in [3.63, 3.8) is 0 Å². The van der Waals surface area contributed by atoms with E-state index >= 15 is 0 Å². The molecule has 154 valence electrons. The van der Waals surface area contributed by atoms with Crippen molar-refractivity contribution in [3.8, 4) is 5.75 Å². The first-order chi connectivity index (χ1) is 13.8. The van der Waals surface area contributed by atoms with E-state index in [9.17, 15) is 18.3 Å². The van der Waals surface area contributed by atoms with Gasteiger partial charge in [0.2, 0.25) is 10.0 Å². The maximum Gasteiger partial charge on any atom is 0.271 e. The van der Waals surface area contributed by atoms with E-state index in [-0.39, 0.29) is 16.2 Å². The molecule has 0 atom stereocenters. The fourth-order valence-electron chi connectivity index (χ4n) is 3.25. The number of nitrogens with zero attached hydrogens (tertiary/aromatic N) is 2. The highest BCUT2D eigenvalue weighted by Gasteiger charge is 2.26. The lowest BCUT2D eigenvalue weighted by Crippen LogP contribution is -2.35. The molecule has 2 N–H and O–H groups in total. The van der Waals surface area contributed by atoms with Crippen LogP contribution in [0.25, 0.3) is 0 Å². The van der Waals surface area contributed by atoms with Gasteiger partial charge in [0.1, 0.15) is 5.75 Å². The van der Waals surface area contributed by atoms with Gasteiger partial charge < -0.3 is 5.11 Å². The van der Waals surface area contributed by atoms with Gasteiger partial charge in [0.05, 0.1) is 10.6 Å². The lowest BCUT2D eigenvalue weighted by Gasteiger charge is -2.25. The average molecular weight is 416 g/mol. The highest BCUT2D eigenvalue weighted by atomic mass is 32.2. The number of piperidine rings is 1. The zero-order valence-corrected chi connectivity index (χ0v) is 17.4. The number of aromatic hydroxyl groups is 1. The number of phenols is 1. The van der Waals surface area contributed by atoms with Crippen LogP contribution < -0.4 is 5.43 Å². The molecule has 0 saturated carbocycles. The summed E-state index contributed by atoms with van der Waals surface area (Å²) in [5.41, 5.74) is 4.55. The molecule has 1 fully saturated rings. The molecule has 1 aliphatic heterocycles. The van der Waals surface area contributed by atoms with Crippen molar-refractivity contribution in [2.24, 2.45) is 5.10 Å². The van der Waals surface area contributed by atoms with Crippen molar-refractivity contribution in [1.82, 2.24) is 9.73 Å². The number of hydrogen-bond acceptors (Lipinski definition) is 5. The largest absolute Gasteiger partial charge is 0.507 e. The SMILES string of the molecule is C/C(=N\NC(=O)c1cccc(S(=O)(=O)N2CCCCC2)c1)c1cc(C)ccc1O. The van der Waals surface area contributed by atoms with Gasteiger partial charge in [-0.1, -0.05) is 24.1 Å². The first-order valence-electron chi connectivity index (χ1n) is 9.54. The Balaban J connectivity index is 1.78. The van der Waals surface area contributed by atoms with E-state index in [4.69, 9.17) is 0 Å². The zero-order chi connectivity index (χ0) is 21.0. The molecule has 0 bridgehead atoms. The average Bonchev–Trinajstić information content (AvgIpc) is 2.74. The summed E-state index contributed by atoms with van der Waals surface area (Å²) < 4.78 is 27.1. The summed E-state index contributed by atoms with van der Waals surface area (Å²) in [6, 6.07) is 11.1. The zero-order valence-electron chi connectivity index (χ0n) is 16.6. The number of sulfonamides is 1. The molecule has 0 aromatic heterocycles. The second-order valence-corrected chi connectivity index (χ2v) is 9.09. The molecule has 8 heteroatoms. The molecular weight excluding hydrogens is 390 g/mol. The van der Waals surface area contributed by atoms with E-state index in [2.05, 4.69) is 10.5 Å². The van der Waals surface area contributed by atoms with Gasteiger partial charge in [-0.25, -0.2) is 13.8 Å². The summed E-state index contributed by atoms with van der Waals surface area (Å²) in [6.45, 7) is 4.57. The van der Waals surface area contributed by atoms with Crippen LogP contribution in [0.3, 0.4) is 0 Å². The molecule has 7 nitrogen and oxygen atoms in total. The Bertz CT molecular complexity index is 1040. The molecule has 1 aliphatic rings. The number of rotatable bonds is 5. The van der Waals surface area contributed by atoms with Gasteiger partial charge in [-0.05, 0) is 57.0 Å². The fraction of sp³-hybridized carbons (Fsp3) is 0.333. The number of phenolic OH excluding ortho intramolecular Hbond substituents is 1. The van der Waals surface area contributed by atoms with Crippen molar-refractivity contribution < 1.29 is 18.3 Å². The highest BCUT2D eigenvalue weighted by Crippen LogP contribution is 2.22. The number of carbonyl (C=O) groups is 1. The van der Waals surface area contributed by atoms with Gasteiger partial charge in [-0.3, -0.25) is 4.79 Å². The molecule has 2 aromatic rings. The molecule has 1 amide bonds. The quantitative estimate of drug-likeness (QED) is 0.579. The van der Waals surface area contributed by atoms with Crippen LogP contribution >= 0.6 is 0 Å². The minimum Gasteiger partial charge on any atom is -0.507 e. The Hall–Kier alpha value is -2.71. The van der Waals surface area contributed by atoms with Crippen LogP contribution in [0.2, 0.25) is 0 Å². The van der Waals surface area contributed by atoms with Gasteiger partial charge in [0.15, 0.2) is 0 Å². The maximum atomic E-state index is 12.8. The molecular formula is C21H25N3O4S. The van der Waals surface area contributed by atoms with Crippen LogP contribution in [0.1, 0.15) is 47.7 Å². The van der Waals surface area contributed by atoms with Crippen LogP contribution in [0.15, 0.2) is 52.5 Å². The van der Waals surface area contributed by atoms with Crippen molar-refractivity contribution in [2.75, 3.05) is 13.1 Å². The number of hydrazone groups is 1. The minimum atomic E-state index is -3.62. The lowest BCUT2D eigenvalue weighted by molar-refractivity contribution is 0.0954. The van der Waals surface area contributed by atoms with Crippen LogP contribution in [-0.4, -0.2) is 42.5 Å². The smallest absolute Gasteiger partial charge is 0.271 e. The lowest BCUT2D eigenvalue weighted by atomic mass is 10.1. The number of hydrogen-bond donors (Lipinski definition) is 2. The molecule has 2 aromatic carbocycles. The van der Waals surface area contributed by atoms with Crippen LogP contribution in [0, 0.1) is 6.92 Å². The Labute approximate surface area is 171 Å². The van der Waals surface area contributed by atoms with Gasteiger partial charge in [0.25, 0.3) is 5.91 Å². The first-order valence-corrected chi connectivity index (χ1v) is 11.0. The van der Waals surface area contributed by atoms with E-state index < -0.39 is 15.9 Å². The third kappa shape index (κ3) is 4.83. The predicted molar refractivity (Wildman–Crippen MR) is 112 cm³/mol. The second-order valence-electron chi connectivity index (χ2n) is 7.15. The van der Waals surface area contributed by atoms with Gasteiger partial charge in [0, 0.05) is 24.2 Å². The summed E-state index contributed by atoms with van der Waals surface area (Å²) in [4.78, 5) is 12.6.